The maximum atomic E-state index is 14.3. The predicted molar refractivity (Wildman–Crippen MR) is 116 cm³/mol. The van der Waals surface area contributed by atoms with Crippen LogP contribution in [-0.2, 0) is 22.6 Å². The van der Waals surface area contributed by atoms with E-state index >= 15 is 0 Å². The Morgan fingerprint density at radius 2 is 1.93 bits per heavy atom. The minimum Gasteiger partial charge on any atom is -0.497 e. The molecular weight excluding hydrogens is 407 g/mol. The molecule has 5 nitrogen and oxygen atoms in total. The molecule has 162 valence electrons. The van der Waals surface area contributed by atoms with E-state index in [9.17, 15) is 14.0 Å². The smallest absolute Gasteiger partial charge is 0.242 e. The molecule has 0 aliphatic carbocycles. The molecule has 7 heteroatoms. The van der Waals surface area contributed by atoms with Crippen LogP contribution in [0.15, 0.2) is 42.5 Å². The second kappa shape index (κ2) is 11.6. The number of carbonyl (C=O) groups is 2. The third kappa shape index (κ3) is 6.20. The van der Waals surface area contributed by atoms with E-state index in [0.29, 0.717) is 18.7 Å². The molecule has 0 saturated carbocycles. The van der Waals surface area contributed by atoms with E-state index in [1.807, 2.05) is 32.0 Å². The number of amides is 2. The number of rotatable bonds is 10. The standard InChI is InChI=1S/C23H28ClFN2O3/c1-4-12-26-23(29)21(5-2)27(15-16-8-6-9-17(13-16)30-3)22(28)14-18-19(24)10-7-11-20(18)25/h6-11,13,21H,4-5,12,14-15H2,1-3H3,(H,26,29). The molecule has 0 heterocycles. The Kier molecular flexibility index (Phi) is 9.12. The minimum absolute atomic E-state index is 0.128. The van der Waals surface area contributed by atoms with Crippen LogP contribution in [0.2, 0.25) is 5.02 Å². The number of nitrogens with one attached hydrogen (secondary N) is 1. The maximum Gasteiger partial charge on any atom is 0.242 e. The highest BCUT2D eigenvalue weighted by Crippen LogP contribution is 2.23. The first kappa shape index (κ1) is 23.7. The lowest BCUT2D eigenvalue weighted by atomic mass is 10.1. The van der Waals surface area contributed by atoms with Crippen LogP contribution in [0.3, 0.4) is 0 Å². The summed E-state index contributed by atoms with van der Waals surface area (Å²) in [5.41, 5.74) is 0.938. The van der Waals surface area contributed by atoms with Gasteiger partial charge in [-0.25, -0.2) is 4.39 Å². The zero-order valence-corrected chi connectivity index (χ0v) is 18.3. The quantitative estimate of drug-likeness (QED) is 0.604. The monoisotopic (exact) mass is 434 g/mol. The maximum absolute atomic E-state index is 14.3. The fraction of sp³-hybridized carbons (Fsp3) is 0.391. The highest BCUT2D eigenvalue weighted by atomic mass is 35.5. The molecule has 2 rings (SSSR count). The van der Waals surface area contributed by atoms with Crippen molar-refractivity contribution in [3.63, 3.8) is 0 Å². The predicted octanol–water partition coefficient (Wildman–Crippen LogP) is 4.36. The van der Waals surface area contributed by atoms with E-state index in [4.69, 9.17) is 16.3 Å². The van der Waals surface area contributed by atoms with Gasteiger partial charge in [0, 0.05) is 23.7 Å². The van der Waals surface area contributed by atoms with Gasteiger partial charge in [-0.2, -0.15) is 0 Å². The lowest BCUT2D eigenvalue weighted by Gasteiger charge is -2.31. The molecule has 0 aliphatic heterocycles. The Balaban J connectivity index is 2.35. The lowest BCUT2D eigenvalue weighted by Crippen LogP contribution is -2.49. The number of methoxy groups -OCH3 is 1. The van der Waals surface area contributed by atoms with E-state index in [-0.39, 0.29) is 35.4 Å². The molecule has 0 bridgehead atoms. The summed E-state index contributed by atoms with van der Waals surface area (Å²) in [6.45, 7) is 4.52. The summed E-state index contributed by atoms with van der Waals surface area (Å²) in [5.74, 6) is -0.486. The van der Waals surface area contributed by atoms with Gasteiger partial charge in [0.1, 0.15) is 17.6 Å². The highest BCUT2D eigenvalue weighted by Gasteiger charge is 2.29. The van der Waals surface area contributed by atoms with Gasteiger partial charge in [-0.1, -0.05) is 43.6 Å². The van der Waals surface area contributed by atoms with Crippen molar-refractivity contribution in [1.82, 2.24) is 10.2 Å². The number of nitrogens with zero attached hydrogens (tertiary/aromatic N) is 1. The molecule has 0 radical (unpaired) electrons. The van der Waals surface area contributed by atoms with Crippen LogP contribution < -0.4 is 10.1 Å². The van der Waals surface area contributed by atoms with E-state index in [0.717, 1.165) is 12.0 Å². The van der Waals surface area contributed by atoms with Gasteiger partial charge >= 0.3 is 0 Å². The average molecular weight is 435 g/mol. The fourth-order valence-electron chi connectivity index (χ4n) is 3.21. The van der Waals surface area contributed by atoms with Gasteiger partial charge < -0.3 is 15.0 Å². The van der Waals surface area contributed by atoms with Crippen LogP contribution in [0, 0.1) is 5.82 Å². The van der Waals surface area contributed by atoms with E-state index in [2.05, 4.69) is 5.32 Å². The summed E-state index contributed by atoms with van der Waals surface area (Å²) >= 11 is 6.12. The van der Waals surface area contributed by atoms with Crippen molar-refractivity contribution in [3.05, 3.63) is 64.4 Å². The van der Waals surface area contributed by atoms with Crippen molar-refractivity contribution >= 4 is 23.4 Å². The molecule has 1 N–H and O–H groups in total. The SMILES string of the molecule is CCCNC(=O)C(CC)N(Cc1cccc(OC)c1)C(=O)Cc1c(F)cccc1Cl. The number of hydrogen-bond donors (Lipinski definition) is 1. The van der Waals surface area contributed by atoms with E-state index < -0.39 is 11.9 Å². The first-order valence-corrected chi connectivity index (χ1v) is 10.4. The molecule has 1 atom stereocenters. The molecule has 2 aromatic rings. The van der Waals surface area contributed by atoms with Crippen molar-refractivity contribution < 1.29 is 18.7 Å². The third-order valence-electron chi connectivity index (χ3n) is 4.81. The Bertz CT molecular complexity index is 855. The van der Waals surface area contributed by atoms with E-state index in [1.54, 1.807) is 19.2 Å². The third-order valence-corrected chi connectivity index (χ3v) is 5.17. The molecule has 0 aliphatic rings. The van der Waals surface area contributed by atoms with Gasteiger partial charge in [0.25, 0.3) is 0 Å². The van der Waals surface area contributed by atoms with Crippen LogP contribution in [0.25, 0.3) is 0 Å². The highest BCUT2D eigenvalue weighted by molar-refractivity contribution is 6.31. The normalized spacial score (nSPS) is 11.6. The second-order valence-corrected chi connectivity index (χ2v) is 7.37. The minimum atomic E-state index is -0.680. The van der Waals surface area contributed by atoms with Gasteiger partial charge in [-0.3, -0.25) is 9.59 Å². The van der Waals surface area contributed by atoms with Crippen LogP contribution in [-0.4, -0.2) is 36.4 Å². The van der Waals surface area contributed by atoms with Crippen LogP contribution in [0.4, 0.5) is 4.39 Å². The molecule has 1 unspecified atom stereocenters. The van der Waals surface area contributed by atoms with Crippen LogP contribution in [0.1, 0.15) is 37.8 Å². The number of halogens is 2. The van der Waals surface area contributed by atoms with Crippen molar-refractivity contribution in [2.24, 2.45) is 0 Å². The summed E-state index contributed by atoms with van der Waals surface area (Å²) in [5, 5.41) is 3.04. The Hall–Kier alpha value is -2.60. The van der Waals surface area contributed by atoms with E-state index in [1.165, 1.54) is 17.0 Å². The van der Waals surface area contributed by atoms with Crippen LogP contribution >= 0.6 is 11.6 Å². The Morgan fingerprint density at radius 1 is 1.20 bits per heavy atom. The van der Waals surface area contributed by atoms with Gasteiger partial charge in [0.05, 0.1) is 13.5 Å². The number of hydrogen-bond acceptors (Lipinski definition) is 3. The molecule has 0 aromatic heterocycles. The molecule has 2 amide bonds. The van der Waals surface area contributed by atoms with Crippen molar-refractivity contribution in [2.75, 3.05) is 13.7 Å². The molecule has 0 fully saturated rings. The summed E-state index contributed by atoms with van der Waals surface area (Å²) in [7, 11) is 1.56. The Morgan fingerprint density at radius 3 is 2.57 bits per heavy atom. The number of ether oxygens (including phenoxy) is 1. The van der Waals surface area contributed by atoms with Crippen molar-refractivity contribution in [1.29, 1.82) is 0 Å². The molecular formula is C23H28ClFN2O3. The first-order valence-electron chi connectivity index (χ1n) is 10.0. The largest absolute Gasteiger partial charge is 0.497 e. The average Bonchev–Trinajstić information content (AvgIpc) is 2.74. The van der Waals surface area contributed by atoms with Gasteiger partial charge in [-0.05, 0) is 42.7 Å². The summed E-state index contributed by atoms with van der Waals surface area (Å²) in [6, 6.07) is 10.9. The second-order valence-electron chi connectivity index (χ2n) is 6.97. The topological polar surface area (TPSA) is 58.6 Å². The summed E-state index contributed by atoms with van der Waals surface area (Å²) in [6.07, 6.45) is 0.986. The van der Waals surface area contributed by atoms with Crippen molar-refractivity contribution in [3.8, 4) is 5.75 Å². The molecule has 0 spiro atoms. The summed E-state index contributed by atoms with van der Waals surface area (Å²) in [4.78, 5) is 27.5. The van der Waals surface area contributed by atoms with Crippen LogP contribution in [0.5, 0.6) is 5.75 Å². The molecule has 30 heavy (non-hydrogen) atoms. The summed E-state index contributed by atoms with van der Waals surface area (Å²) < 4.78 is 19.5. The number of carbonyl (C=O) groups excluding carboxylic acids is 2. The zero-order valence-electron chi connectivity index (χ0n) is 17.6. The fourth-order valence-corrected chi connectivity index (χ4v) is 3.44. The lowest BCUT2D eigenvalue weighted by molar-refractivity contribution is -0.141. The van der Waals surface area contributed by atoms with Crippen molar-refractivity contribution in [2.45, 2.75) is 45.7 Å². The Labute approximate surface area is 182 Å². The van der Waals surface area contributed by atoms with Gasteiger partial charge in [-0.15, -0.1) is 0 Å². The molecule has 0 saturated heterocycles. The molecule has 2 aromatic carbocycles. The number of benzene rings is 2. The zero-order chi connectivity index (χ0) is 22.1. The van der Waals surface area contributed by atoms with Gasteiger partial charge in [0.15, 0.2) is 0 Å². The first-order chi connectivity index (χ1) is 14.4. The van der Waals surface area contributed by atoms with Gasteiger partial charge in [0.2, 0.25) is 11.8 Å².